The number of nitrogens with one attached hydrogen (secondary N) is 2. The van der Waals surface area contributed by atoms with E-state index in [-0.39, 0.29) is 24.0 Å². The van der Waals surface area contributed by atoms with Crippen LogP contribution in [0.3, 0.4) is 0 Å². The Hall–Kier alpha value is -1.38. The van der Waals surface area contributed by atoms with Crippen LogP contribution in [0, 0.1) is 5.41 Å². The van der Waals surface area contributed by atoms with Crippen molar-refractivity contribution in [3.63, 3.8) is 0 Å². The number of nitrogens with zero attached hydrogens (tertiary/aromatic N) is 1. The zero-order valence-electron chi connectivity index (χ0n) is 17.2. The maximum atomic E-state index is 5.49. The standard InChI is InChI=1S/C20H33N3O3.HI/c1-6-20(9-8-10-20)14-23-19(21-7-2)22-13-15-11-17(25-4)18(26-5)12-16(15)24-3;/h11-12H,6-10,13-14H2,1-5H3,(H2,21,22,23);1H. The fraction of sp³-hybridized carbons (Fsp3) is 0.650. The average Bonchev–Trinajstić information content (AvgIpc) is 2.64. The van der Waals surface area contributed by atoms with Crippen LogP contribution in [-0.4, -0.2) is 40.4 Å². The molecule has 0 bridgehead atoms. The molecule has 1 aliphatic carbocycles. The molecule has 0 saturated heterocycles. The monoisotopic (exact) mass is 491 g/mol. The Bertz CT molecular complexity index is 613. The number of ether oxygens (including phenoxy) is 3. The summed E-state index contributed by atoms with van der Waals surface area (Å²) in [6.45, 7) is 6.65. The molecule has 1 saturated carbocycles. The van der Waals surface area contributed by atoms with E-state index in [1.165, 1.54) is 25.7 Å². The van der Waals surface area contributed by atoms with Gasteiger partial charge in [-0.25, -0.2) is 4.99 Å². The van der Waals surface area contributed by atoms with Crippen molar-refractivity contribution in [2.24, 2.45) is 10.4 Å². The first-order valence-corrected chi connectivity index (χ1v) is 9.42. The highest BCUT2D eigenvalue weighted by molar-refractivity contribution is 14.0. The Morgan fingerprint density at radius 2 is 1.63 bits per heavy atom. The van der Waals surface area contributed by atoms with Gasteiger partial charge in [-0.15, -0.1) is 24.0 Å². The number of hydrogen-bond donors (Lipinski definition) is 2. The van der Waals surface area contributed by atoms with Crippen LogP contribution >= 0.6 is 24.0 Å². The Morgan fingerprint density at radius 3 is 2.11 bits per heavy atom. The van der Waals surface area contributed by atoms with Crippen LogP contribution in [0.2, 0.25) is 0 Å². The molecule has 0 aliphatic heterocycles. The summed E-state index contributed by atoms with van der Waals surface area (Å²) in [5.41, 5.74) is 1.40. The predicted octanol–water partition coefficient (Wildman–Crippen LogP) is 3.97. The molecule has 1 aliphatic rings. The number of aliphatic imine (C=N–C) groups is 1. The average molecular weight is 491 g/mol. The first kappa shape index (κ1) is 23.7. The van der Waals surface area contributed by atoms with Crippen LogP contribution in [0.1, 0.15) is 45.1 Å². The van der Waals surface area contributed by atoms with E-state index in [9.17, 15) is 0 Å². The van der Waals surface area contributed by atoms with Crippen molar-refractivity contribution in [1.82, 2.24) is 10.6 Å². The van der Waals surface area contributed by atoms with Crippen molar-refractivity contribution >= 4 is 29.9 Å². The molecule has 154 valence electrons. The van der Waals surface area contributed by atoms with E-state index in [1.54, 1.807) is 21.3 Å². The lowest BCUT2D eigenvalue weighted by Gasteiger charge is -2.41. The number of halogens is 1. The first-order valence-electron chi connectivity index (χ1n) is 9.42. The van der Waals surface area contributed by atoms with E-state index in [0.29, 0.717) is 23.5 Å². The number of rotatable bonds is 9. The van der Waals surface area contributed by atoms with Gasteiger partial charge < -0.3 is 24.8 Å². The number of benzene rings is 1. The minimum atomic E-state index is 0. The second-order valence-corrected chi connectivity index (χ2v) is 6.77. The number of methoxy groups -OCH3 is 3. The van der Waals surface area contributed by atoms with Gasteiger partial charge in [-0.1, -0.05) is 13.3 Å². The van der Waals surface area contributed by atoms with Gasteiger partial charge in [0, 0.05) is 24.7 Å². The van der Waals surface area contributed by atoms with Crippen molar-refractivity contribution in [2.45, 2.75) is 46.1 Å². The molecule has 6 nitrogen and oxygen atoms in total. The van der Waals surface area contributed by atoms with Crippen molar-refractivity contribution in [2.75, 3.05) is 34.4 Å². The van der Waals surface area contributed by atoms with Crippen LogP contribution < -0.4 is 24.8 Å². The van der Waals surface area contributed by atoms with Gasteiger partial charge in [0.1, 0.15) is 5.75 Å². The van der Waals surface area contributed by atoms with Gasteiger partial charge in [-0.2, -0.15) is 0 Å². The molecule has 0 heterocycles. The van der Waals surface area contributed by atoms with Gasteiger partial charge in [0.25, 0.3) is 0 Å². The van der Waals surface area contributed by atoms with Gasteiger partial charge in [-0.05, 0) is 37.7 Å². The van der Waals surface area contributed by atoms with Gasteiger partial charge in [0.15, 0.2) is 17.5 Å². The number of guanidine groups is 1. The highest BCUT2D eigenvalue weighted by atomic mass is 127. The quantitative estimate of drug-likeness (QED) is 0.311. The van der Waals surface area contributed by atoms with Crippen molar-refractivity contribution in [3.05, 3.63) is 17.7 Å². The normalized spacial score (nSPS) is 15.2. The molecule has 0 unspecified atom stereocenters. The summed E-state index contributed by atoms with van der Waals surface area (Å²) in [4.78, 5) is 4.74. The highest BCUT2D eigenvalue weighted by Crippen LogP contribution is 2.43. The molecule has 1 aromatic rings. The van der Waals surface area contributed by atoms with Gasteiger partial charge in [-0.3, -0.25) is 0 Å². The molecular formula is C20H34IN3O3. The van der Waals surface area contributed by atoms with Gasteiger partial charge in [0.2, 0.25) is 0 Å². The molecule has 2 N–H and O–H groups in total. The van der Waals surface area contributed by atoms with Crippen LogP contribution in [0.15, 0.2) is 17.1 Å². The van der Waals surface area contributed by atoms with Crippen LogP contribution in [0.5, 0.6) is 17.2 Å². The summed E-state index contributed by atoms with van der Waals surface area (Å²) >= 11 is 0. The third-order valence-electron chi connectivity index (χ3n) is 5.33. The van der Waals surface area contributed by atoms with Crippen molar-refractivity contribution < 1.29 is 14.2 Å². The van der Waals surface area contributed by atoms with Crippen LogP contribution in [0.4, 0.5) is 0 Å². The van der Waals surface area contributed by atoms with E-state index < -0.39 is 0 Å². The molecule has 0 aromatic heterocycles. The molecule has 0 radical (unpaired) electrons. The summed E-state index contributed by atoms with van der Waals surface area (Å²) in [6, 6.07) is 3.76. The van der Waals surface area contributed by atoms with Crippen LogP contribution in [-0.2, 0) is 6.54 Å². The van der Waals surface area contributed by atoms with Gasteiger partial charge >= 0.3 is 0 Å². The number of hydrogen-bond acceptors (Lipinski definition) is 4. The molecule has 0 amide bonds. The molecule has 0 atom stereocenters. The second kappa shape index (κ2) is 11.5. The molecule has 27 heavy (non-hydrogen) atoms. The molecule has 0 spiro atoms. The maximum absolute atomic E-state index is 5.49. The highest BCUT2D eigenvalue weighted by Gasteiger charge is 2.34. The topological polar surface area (TPSA) is 64.1 Å². The van der Waals surface area contributed by atoms with E-state index >= 15 is 0 Å². The maximum Gasteiger partial charge on any atom is 0.191 e. The molecule has 1 aromatic carbocycles. The van der Waals surface area contributed by atoms with E-state index in [2.05, 4.69) is 24.5 Å². The Labute approximate surface area is 180 Å². The Morgan fingerprint density at radius 1 is 1.00 bits per heavy atom. The fourth-order valence-corrected chi connectivity index (χ4v) is 3.33. The van der Waals surface area contributed by atoms with Gasteiger partial charge in [0.05, 0.1) is 27.9 Å². The Balaban J connectivity index is 0.00000364. The lowest BCUT2D eigenvalue weighted by Crippen LogP contribution is -2.46. The van der Waals surface area contributed by atoms with E-state index in [0.717, 1.165) is 30.4 Å². The summed E-state index contributed by atoms with van der Waals surface area (Å²) in [5.74, 6) is 2.91. The SMILES string of the molecule is CCNC(=NCc1cc(OC)c(OC)cc1OC)NCC1(CC)CCC1.I. The lowest BCUT2D eigenvalue weighted by atomic mass is 9.67. The Kier molecular flexibility index (Phi) is 10.0. The fourth-order valence-electron chi connectivity index (χ4n) is 3.33. The summed E-state index contributed by atoms with van der Waals surface area (Å²) in [7, 11) is 4.90. The minimum Gasteiger partial charge on any atom is -0.496 e. The van der Waals surface area contributed by atoms with E-state index in [1.807, 2.05) is 12.1 Å². The third-order valence-corrected chi connectivity index (χ3v) is 5.33. The molecule has 1 fully saturated rings. The summed E-state index contributed by atoms with van der Waals surface area (Å²) in [5, 5.41) is 6.84. The van der Waals surface area contributed by atoms with Crippen LogP contribution in [0.25, 0.3) is 0 Å². The van der Waals surface area contributed by atoms with Crippen molar-refractivity contribution in [1.29, 1.82) is 0 Å². The minimum absolute atomic E-state index is 0. The largest absolute Gasteiger partial charge is 0.496 e. The van der Waals surface area contributed by atoms with Crippen molar-refractivity contribution in [3.8, 4) is 17.2 Å². The second-order valence-electron chi connectivity index (χ2n) is 6.77. The molecular weight excluding hydrogens is 457 g/mol. The zero-order valence-corrected chi connectivity index (χ0v) is 19.5. The lowest BCUT2D eigenvalue weighted by molar-refractivity contribution is 0.131. The first-order chi connectivity index (χ1) is 12.6. The van der Waals surface area contributed by atoms with E-state index in [4.69, 9.17) is 19.2 Å². The predicted molar refractivity (Wildman–Crippen MR) is 121 cm³/mol. The third kappa shape index (κ3) is 6.05. The molecule has 2 rings (SSSR count). The summed E-state index contributed by atoms with van der Waals surface area (Å²) < 4.78 is 16.2. The zero-order chi connectivity index (χ0) is 19.0. The molecule has 7 heteroatoms. The smallest absolute Gasteiger partial charge is 0.191 e. The summed E-state index contributed by atoms with van der Waals surface area (Å²) in [6.07, 6.45) is 5.16.